The molecule has 0 aliphatic carbocycles. The average Bonchev–Trinajstić information content (AvgIpc) is 2.30. The lowest BCUT2D eigenvalue weighted by molar-refractivity contribution is 0.112. The van der Waals surface area contributed by atoms with Crippen molar-refractivity contribution in [3.63, 3.8) is 0 Å². The monoisotopic (exact) mass is 237 g/mol. The van der Waals surface area contributed by atoms with Crippen molar-refractivity contribution >= 4 is 23.6 Å². The largest absolute Gasteiger partial charge is 0.368 e. The van der Waals surface area contributed by atoms with Crippen LogP contribution in [-0.4, -0.2) is 18.9 Å². The van der Waals surface area contributed by atoms with Crippen LogP contribution in [0.25, 0.3) is 0 Å². The standard InChI is InChI=1S/C13H16ClNO/c1-10-4-2-3-7-15(10)13-6-5-12(14)8-11(13)9-16/h5-6,8-10H,2-4,7H2,1H3. The van der Waals surface area contributed by atoms with Gasteiger partial charge in [-0.25, -0.2) is 0 Å². The van der Waals surface area contributed by atoms with Crippen LogP contribution in [0.5, 0.6) is 0 Å². The molecule has 0 bridgehead atoms. The number of benzene rings is 1. The molecule has 1 fully saturated rings. The van der Waals surface area contributed by atoms with Crippen LogP contribution < -0.4 is 4.90 Å². The van der Waals surface area contributed by atoms with Crippen LogP contribution in [0, 0.1) is 0 Å². The van der Waals surface area contributed by atoms with Crippen LogP contribution in [0.4, 0.5) is 5.69 Å². The zero-order chi connectivity index (χ0) is 11.5. The van der Waals surface area contributed by atoms with Crippen LogP contribution in [-0.2, 0) is 0 Å². The summed E-state index contributed by atoms with van der Waals surface area (Å²) in [5, 5.41) is 0.621. The van der Waals surface area contributed by atoms with Gasteiger partial charge in [0.25, 0.3) is 0 Å². The molecule has 2 nitrogen and oxygen atoms in total. The number of carbonyl (C=O) groups is 1. The Hall–Kier alpha value is -1.02. The summed E-state index contributed by atoms with van der Waals surface area (Å²) in [5.74, 6) is 0. The van der Waals surface area contributed by atoms with Gasteiger partial charge in [0.05, 0.1) is 0 Å². The Balaban J connectivity index is 2.34. The summed E-state index contributed by atoms with van der Waals surface area (Å²) < 4.78 is 0. The first kappa shape index (κ1) is 11.5. The third-order valence-electron chi connectivity index (χ3n) is 3.23. The highest BCUT2D eigenvalue weighted by molar-refractivity contribution is 6.31. The summed E-state index contributed by atoms with van der Waals surface area (Å²) in [7, 11) is 0. The van der Waals surface area contributed by atoms with Gasteiger partial charge >= 0.3 is 0 Å². The summed E-state index contributed by atoms with van der Waals surface area (Å²) in [6.45, 7) is 3.24. The molecule has 1 heterocycles. The molecule has 1 saturated heterocycles. The second-order valence-electron chi connectivity index (χ2n) is 4.36. The van der Waals surface area contributed by atoms with Gasteiger partial charge in [-0.3, -0.25) is 4.79 Å². The number of carbonyl (C=O) groups excluding carboxylic acids is 1. The maximum Gasteiger partial charge on any atom is 0.152 e. The zero-order valence-corrected chi connectivity index (χ0v) is 10.2. The minimum absolute atomic E-state index is 0.508. The molecule has 16 heavy (non-hydrogen) atoms. The van der Waals surface area contributed by atoms with Crippen LogP contribution in [0.1, 0.15) is 36.5 Å². The normalized spacial score (nSPS) is 20.9. The van der Waals surface area contributed by atoms with Crippen LogP contribution in [0.3, 0.4) is 0 Å². The molecule has 1 aliphatic rings. The van der Waals surface area contributed by atoms with E-state index in [-0.39, 0.29) is 0 Å². The molecule has 1 atom stereocenters. The van der Waals surface area contributed by atoms with Crippen LogP contribution in [0.15, 0.2) is 18.2 Å². The number of anilines is 1. The topological polar surface area (TPSA) is 20.3 Å². The summed E-state index contributed by atoms with van der Waals surface area (Å²) in [5.41, 5.74) is 1.72. The summed E-state index contributed by atoms with van der Waals surface area (Å²) in [4.78, 5) is 13.4. The minimum Gasteiger partial charge on any atom is -0.368 e. The van der Waals surface area contributed by atoms with E-state index < -0.39 is 0 Å². The fourth-order valence-corrected chi connectivity index (χ4v) is 2.52. The number of rotatable bonds is 2. The Morgan fingerprint density at radius 1 is 1.44 bits per heavy atom. The Labute approximate surface area is 101 Å². The van der Waals surface area contributed by atoms with Gasteiger partial charge in [-0.2, -0.15) is 0 Å². The van der Waals surface area contributed by atoms with E-state index >= 15 is 0 Å². The fraction of sp³-hybridized carbons (Fsp3) is 0.462. The van der Waals surface area contributed by atoms with E-state index in [0.717, 1.165) is 18.5 Å². The molecule has 0 aromatic heterocycles. The van der Waals surface area contributed by atoms with Crippen molar-refractivity contribution in [2.75, 3.05) is 11.4 Å². The smallest absolute Gasteiger partial charge is 0.152 e. The number of piperidine rings is 1. The maximum atomic E-state index is 11.0. The molecule has 0 N–H and O–H groups in total. The van der Waals surface area contributed by atoms with Crippen molar-refractivity contribution in [1.29, 1.82) is 0 Å². The van der Waals surface area contributed by atoms with Gasteiger partial charge in [0.15, 0.2) is 6.29 Å². The van der Waals surface area contributed by atoms with Gasteiger partial charge in [-0.05, 0) is 44.4 Å². The lowest BCUT2D eigenvalue weighted by Crippen LogP contribution is -2.37. The van der Waals surface area contributed by atoms with Crippen molar-refractivity contribution in [3.8, 4) is 0 Å². The summed E-state index contributed by atoms with van der Waals surface area (Å²) in [6.07, 6.45) is 4.57. The Bertz CT molecular complexity index is 392. The highest BCUT2D eigenvalue weighted by Gasteiger charge is 2.20. The third kappa shape index (κ3) is 2.22. The predicted octanol–water partition coefficient (Wildman–Crippen LogP) is 3.53. The maximum absolute atomic E-state index is 11.0. The Kier molecular flexibility index (Phi) is 3.49. The number of hydrogen-bond donors (Lipinski definition) is 0. The fourth-order valence-electron chi connectivity index (χ4n) is 2.34. The first-order chi connectivity index (χ1) is 7.72. The zero-order valence-electron chi connectivity index (χ0n) is 9.45. The Morgan fingerprint density at radius 3 is 2.94 bits per heavy atom. The van der Waals surface area contributed by atoms with Crippen LogP contribution in [0.2, 0.25) is 5.02 Å². The quantitative estimate of drug-likeness (QED) is 0.734. The van der Waals surface area contributed by atoms with Crippen molar-refractivity contribution in [1.82, 2.24) is 0 Å². The second-order valence-corrected chi connectivity index (χ2v) is 4.80. The van der Waals surface area contributed by atoms with E-state index in [0.29, 0.717) is 16.6 Å². The lowest BCUT2D eigenvalue weighted by Gasteiger charge is -2.36. The van der Waals surface area contributed by atoms with Gasteiger partial charge in [0.2, 0.25) is 0 Å². The molecule has 1 aromatic carbocycles. The molecular weight excluding hydrogens is 222 g/mol. The molecule has 1 aromatic rings. The summed E-state index contributed by atoms with van der Waals surface area (Å²) in [6, 6.07) is 6.05. The molecule has 0 saturated carbocycles. The van der Waals surface area contributed by atoms with E-state index in [2.05, 4.69) is 11.8 Å². The van der Waals surface area contributed by atoms with Crippen molar-refractivity contribution in [2.24, 2.45) is 0 Å². The SMILES string of the molecule is CC1CCCCN1c1ccc(Cl)cc1C=O. The van der Waals surface area contributed by atoms with E-state index in [4.69, 9.17) is 11.6 Å². The molecule has 1 aliphatic heterocycles. The molecule has 86 valence electrons. The first-order valence-electron chi connectivity index (χ1n) is 5.74. The number of hydrogen-bond acceptors (Lipinski definition) is 2. The highest BCUT2D eigenvalue weighted by Crippen LogP contribution is 2.28. The van der Waals surface area contributed by atoms with Crippen molar-refractivity contribution < 1.29 is 4.79 Å². The lowest BCUT2D eigenvalue weighted by atomic mass is 10.0. The molecule has 2 rings (SSSR count). The van der Waals surface area contributed by atoms with E-state index in [9.17, 15) is 4.79 Å². The van der Waals surface area contributed by atoms with Crippen molar-refractivity contribution in [2.45, 2.75) is 32.2 Å². The van der Waals surface area contributed by atoms with Gasteiger partial charge in [-0.15, -0.1) is 0 Å². The average molecular weight is 238 g/mol. The number of aldehydes is 1. The molecular formula is C13H16ClNO. The number of halogens is 1. The van der Waals surface area contributed by atoms with Gasteiger partial charge in [-0.1, -0.05) is 11.6 Å². The van der Waals surface area contributed by atoms with E-state index in [1.807, 2.05) is 12.1 Å². The van der Waals surface area contributed by atoms with Crippen LogP contribution >= 0.6 is 11.6 Å². The molecule has 1 unspecified atom stereocenters. The Morgan fingerprint density at radius 2 is 2.25 bits per heavy atom. The van der Waals surface area contributed by atoms with Gasteiger partial charge in [0, 0.05) is 28.9 Å². The molecule has 0 amide bonds. The second kappa shape index (κ2) is 4.88. The third-order valence-corrected chi connectivity index (χ3v) is 3.46. The first-order valence-corrected chi connectivity index (χ1v) is 6.11. The molecule has 0 radical (unpaired) electrons. The van der Waals surface area contributed by atoms with Gasteiger partial charge in [0.1, 0.15) is 0 Å². The summed E-state index contributed by atoms with van der Waals surface area (Å²) >= 11 is 5.89. The van der Waals surface area contributed by atoms with Gasteiger partial charge < -0.3 is 4.90 Å². The minimum atomic E-state index is 0.508. The van der Waals surface area contributed by atoms with E-state index in [1.165, 1.54) is 19.3 Å². The van der Waals surface area contributed by atoms with E-state index in [1.54, 1.807) is 6.07 Å². The highest BCUT2D eigenvalue weighted by atomic mass is 35.5. The predicted molar refractivity (Wildman–Crippen MR) is 67.5 cm³/mol. The number of nitrogens with zero attached hydrogens (tertiary/aromatic N) is 1. The molecule has 3 heteroatoms. The molecule has 0 spiro atoms. The van der Waals surface area contributed by atoms with Crippen molar-refractivity contribution in [3.05, 3.63) is 28.8 Å².